The van der Waals surface area contributed by atoms with Crippen LogP contribution in [0.15, 0.2) is 15.7 Å². The van der Waals surface area contributed by atoms with Gasteiger partial charge in [-0.2, -0.15) is 0 Å². The quantitative estimate of drug-likeness (QED) is 0.816. The fraction of sp³-hybridized carbons (Fsp3) is 0.600. The van der Waals surface area contributed by atoms with E-state index in [4.69, 9.17) is 4.52 Å². The molecule has 124 valence electrons. The lowest BCUT2D eigenvalue weighted by Gasteiger charge is -2.13. The second kappa shape index (κ2) is 6.35. The van der Waals surface area contributed by atoms with Gasteiger partial charge in [-0.15, -0.1) is 10.2 Å². The minimum Gasteiger partial charge on any atom is -0.338 e. The number of carbonyl (C=O) groups is 1. The van der Waals surface area contributed by atoms with Gasteiger partial charge in [0.1, 0.15) is 5.82 Å². The lowest BCUT2D eigenvalue weighted by Crippen LogP contribution is -2.22. The molecule has 0 saturated heterocycles. The van der Waals surface area contributed by atoms with Gasteiger partial charge in [0.05, 0.1) is 10.9 Å². The molecule has 0 spiro atoms. The molecule has 1 atom stereocenters. The Hall–Kier alpha value is -1.83. The van der Waals surface area contributed by atoms with E-state index in [1.54, 1.807) is 6.07 Å². The van der Waals surface area contributed by atoms with Gasteiger partial charge in [0, 0.05) is 18.0 Å². The Balaban J connectivity index is 1.70. The SMILES string of the molecule is Cc1cc(NC(=O)C(C)Sc2nnc(C(C)C)n2C2CC2)on1. The van der Waals surface area contributed by atoms with Crippen molar-refractivity contribution >= 4 is 23.6 Å². The molecule has 8 heteroatoms. The molecule has 2 aromatic rings. The minimum absolute atomic E-state index is 0.136. The van der Waals surface area contributed by atoms with Crippen molar-refractivity contribution in [2.45, 2.75) is 62.9 Å². The van der Waals surface area contributed by atoms with Crippen LogP contribution in [-0.4, -0.2) is 31.1 Å². The van der Waals surface area contributed by atoms with Gasteiger partial charge in [-0.1, -0.05) is 30.8 Å². The zero-order valence-corrected chi connectivity index (χ0v) is 14.6. The highest BCUT2D eigenvalue weighted by Crippen LogP contribution is 2.40. The molecule has 0 aromatic carbocycles. The average Bonchev–Trinajstić information content (AvgIpc) is 3.12. The standard InChI is InChI=1S/C15H21N5O2S/c1-8(2)13-17-18-15(20(13)11-5-6-11)23-10(4)14(21)16-12-7-9(3)19-22-12/h7-8,10-11H,5-6H2,1-4H3,(H,16,21). The second-order valence-corrected chi connectivity index (χ2v) is 7.49. The summed E-state index contributed by atoms with van der Waals surface area (Å²) in [5, 5.41) is 15.6. The van der Waals surface area contributed by atoms with Gasteiger partial charge in [-0.3, -0.25) is 10.1 Å². The van der Waals surface area contributed by atoms with E-state index in [1.165, 1.54) is 11.8 Å². The van der Waals surface area contributed by atoms with Crippen LogP contribution < -0.4 is 5.32 Å². The number of carbonyl (C=O) groups excluding carboxylic acids is 1. The van der Waals surface area contributed by atoms with Crippen LogP contribution in [0.2, 0.25) is 0 Å². The van der Waals surface area contributed by atoms with Crippen LogP contribution in [0.25, 0.3) is 0 Å². The van der Waals surface area contributed by atoms with Gasteiger partial charge in [0.25, 0.3) is 0 Å². The minimum atomic E-state index is -0.304. The number of aromatic nitrogens is 4. The Labute approximate surface area is 139 Å². The number of hydrogen-bond donors (Lipinski definition) is 1. The molecule has 23 heavy (non-hydrogen) atoms. The smallest absolute Gasteiger partial charge is 0.240 e. The summed E-state index contributed by atoms with van der Waals surface area (Å²) in [7, 11) is 0. The van der Waals surface area contributed by atoms with Gasteiger partial charge >= 0.3 is 0 Å². The summed E-state index contributed by atoms with van der Waals surface area (Å²) in [4.78, 5) is 12.3. The molecule has 2 heterocycles. The molecule has 1 aliphatic carbocycles. The highest BCUT2D eigenvalue weighted by Gasteiger charge is 2.31. The van der Waals surface area contributed by atoms with Crippen molar-refractivity contribution in [2.24, 2.45) is 0 Å². The summed E-state index contributed by atoms with van der Waals surface area (Å²) in [6.45, 7) is 7.88. The summed E-state index contributed by atoms with van der Waals surface area (Å²) in [6.07, 6.45) is 2.31. The zero-order valence-electron chi connectivity index (χ0n) is 13.7. The first-order chi connectivity index (χ1) is 11.0. The fourth-order valence-electron chi connectivity index (χ4n) is 2.30. The summed E-state index contributed by atoms with van der Waals surface area (Å²) >= 11 is 1.43. The Bertz CT molecular complexity index is 705. The van der Waals surface area contributed by atoms with Gasteiger partial charge in [0.15, 0.2) is 5.16 Å². The molecular weight excluding hydrogens is 314 g/mol. The molecule has 1 amide bonds. The van der Waals surface area contributed by atoms with E-state index >= 15 is 0 Å². The third-order valence-electron chi connectivity index (χ3n) is 3.65. The van der Waals surface area contributed by atoms with Crippen molar-refractivity contribution in [1.82, 2.24) is 19.9 Å². The summed E-state index contributed by atoms with van der Waals surface area (Å²) in [5.74, 6) is 1.54. The zero-order chi connectivity index (χ0) is 16.6. The van der Waals surface area contributed by atoms with Crippen molar-refractivity contribution in [1.29, 1.82) is 0 Å². The maximum atomic E-state index is 12.3. The molecular formula is C15H21N5O2S. The molecule has 1 aliphatic rings. The van der Waals surface area contributed by atoms with E-state index in [1.807, 2.05) is 13.8 Å². The maximum absolute atomic E-state index is 12.3. The molecule has 3 rings (SSSR count). The molecule has 2 aromatic heterocycles. The van der Waals surface area contributed by atoms with Crippen molar-refractivity contribution < 1.29 is 9.32 Å². The molecule has 1 N–H and O–H groups in total. The first-order valence-corrected chi connectivity index (χ1v) is 8.69. The van der Waals surface area contributed by atoms with E-state index < -0.39 is 0 Å². The van der Waals surface area contributed by atoms with Crippen LogP contribution >= 0.6 is 11.8 Å². The predicted octanol–water partition coefficient (Wildman–Crippen LogP) is 3.15. The lowest BCUT2D eigenvalue weighted by atomic mass is 10.2. The summed E-state index contributed by atoms with van der Waals surface area (Å²) < 4.78 is 7.21. The summed E-state index contributed by atoms with van der Waals surface area (Å²) in [6, 6.07) is 2.18. The Morgan fingerprint density at radius 3 is 2.70 bits per heavy atom. The van der Waals surface area contributed by atoms with Gasteiger partial charge < -0.3 is 9.09 Å². The first kappa shape index (κ1) is 16.0. The fourth-order valence-corrected chi connectivity index (χ4v) is 3.22. The van der Waals surface area contributed by atoms with E-state index in [0.29, 0.717) is 17.8 Å². The third-order valence-corrected chi connectivity index (χ3v) is 4.70. The van der Waals surface area contributed by atoms with Crippen LogP contribution in [0.5, 0.6) is 0 Å². The Morgan fingerprint density at radius 1 is 1.39 bits per heavy atom. The molecule has 0 radical (unpaired) electrons. The van der Waals surface area contributed by atoms with Crippen LogP contribution in [0, 0.1) is 6.92 Å². The van der Waals surface area contributed by atoms with Crippen LogP contribution in [0.4, 0.5) is 5.88 Å². The van der Waals surface area contributed by atoms with Crippen LogP contribution in [-0.2, 0) is 4.79 Å². The maximum Gasteiger partial charge on any atom is 0.240 e. The number of aryl methyl sites for hydroxylation is 1. The second-order valence-electron chi connectivity index (χ2n) is 6.18. The molecule has 1 saturated carbocycles. The molecule has 0 bridgehead atoms. The Kier molecular flexibility index (Phi) is 4.43. The van der Waals surface area contributed by atoms with E-state index in [9.17, 15) is 4.79 Å². The Morgan fingerprint density at radius 2 is 2.13 bits per heavy atom. The first-order valence-electron chi connectivity index (χ1n) is 7.81. The normalized spacial score (nSPS) is 15.9. The number of anilines is 1. The monoisotopic (exact) mass is 335 g/mol. The number of nitrogens with one attached hydrogen (secondary N) is 1. The molecule has 1 unspecified atom stereocenters. The lowest BCUT2D eigenvalue weighted by molar-refractivity contribution is -0.115. The molecule has 1 fully saturated rings. The number of amides is 1. The molecule has 0 aliphatic heterocycles. The predicted molar refractivity (Wildman–Crippen MR) is 87.6 cm³/mol. The van der Waals surface area contributed by atoms with Crippen LogP contribution in [0.1, 0.15) is 57.1 Å². The third kappa shape index (κ3) is 3.57. The van der Waals surface area contributed by atoms with Gasteiger partial charge in [-0.25, -0.2) is 0 Å². The van der Waals surface area contributed by atoms with E-state index in [2.05, 4.69) is 39.1 Å². The van der Waals surface area contributed by atoms with Crippen molar-refractivity contribution in [3.63, 3.8) is 0 Å². The highest BCUT2D eigenvalue weighted by molar-refractivity contribution is 8.00. The number of hydrogen-bond acceptors (Lipinski definition) is 6. The number of nitrogens with zero attached hydrogens (tertiary/aromatic N) is 4. The van der Waals surface area contributed by atoms with E-state index in [0.717, 1.165) is 29.5 Å². The van der Waals surface area contributed by atoms with E-state index in [-0.39, 0.29) is 11.2 Å². The van der Waals surface area contributed by atoms with Crippen LogP contribution in [0.3, 0.4) is 0 Å². The van der Waals surface area contributed by atoms with Gasteiger partial charge in [-0.05, 0) is 26.7 Å². The van der Waals surface area contributed by atoms with Crippen molar-refractivity contribution in [3.05, 3.63) is 17.6 Å². The number of thioether (sulfide) groups is 1. The average molecular weight is 335 g/mol. The highest BCUT2D eigenvalue weighted by atomic mass is 32.2. The summed E-state index contributed by atoms with van der Waals surface area (Å²) in [5.41, 5.74) is 0.732. The topological polar surface area (TPSA) is 85.8 Å². The number of rotatable bonds is 6. The van der Waals surface area contributed by atoms with Crippen molar-refractivity contribution in [3.8, 4) is 0 Å². The largest absolute Gasteiger partial charge is 0.338 e. The van der Waals surface area contributed by atoms with Gasteiger partial charge in [0.2, 0.25) is 11.8 Å². The molecule has 7 nitrogen and oxygen atoms in total. The van der Waals surface area contributed by atoms with Crippen molar-refractivity contribution in [2.75, 3.05) is 5.32 Å².